The van der Waals surface area contributed by atoms with Crippen molar-refractivity contribution in [3.05, 3.63) is 34.6 Å². The van der Waals surface area contributed by atoms with Crippen molar-refractivity contribution >= 4 is 11.6 Å². The van der Waals surface area contributed by atoms with Crippen molar-refractivity contribution in [2.24, 2.45) is 5.73 Å². The Hall–Kier alpha value is -0.640. The lowest BCUT2D eigenvalue weighted by molar-refractivity contribution is 0.154. The average Bonchev–Trinajstić information content (AvgIpc) is 2.33. The summed E-state index contributed by atoms with van der Waals surface area (Å²) in [5.74, 6) is -0.239. The van der Waals surface area contributed by atoms with Crippen molar-refractivity contribution in [2.45, 2.75) is 39.3 Å². The van der Waals surface area contributed by atoms with Gasteiger partial charge in [-0.25, -0.2) is 4.39 Å². The fraction of sp³-hybridized carbons (Fsp3) is 0.571. The van der Waals surface area contributed by atoms with Gasteiger partial charge < -0.3 is 5.73 Å². The first kappa shape index (κ1) is 15.4. The Bertz CT molecular complexity index is 382. The van der Waals surface area contributed by atoms with Crippen molar-refractivity contribution in [1.29, 1.82) is 0 Å². The Morgan fingerprint density at radius 1 is 1.39 bits per heavy atom. The summed E-state index contributed by atoms with van der Waals surface area (Å²) >= 11 is 5.95. The van der Waals surface area contributed by atoms with Gasteiger partial charge in [0.2, 0.25) is 0 Å². The molecule has 0 aliphatic carbocycles. The molecule has 0 spiro atoms. The molecule has 0 amide bonds. The van der Waals surface area contributed by atoms with Gasteiger partial charge in [0.1, 0.15) is 5.82 Å². The van der Waals surface area contributed by atoms with Gasteiger partial charge in [-0.1, -0.05) is 18.5 Å². The van der Waals surface area contributed by atoms with Crippen LogP contribution in [0.3, 0.4) is 0 Å². The molecule has 0 aromatic heterocycles. The molecule has 0 fully saturated rings. The van der Waals surface area contributed by atoms with Crippen LogP contribution in [0.4, 0.5) is 4.39 Å². The molecule has 4 heteroatoms. The summed E-state index contributed by atoms with van der Waals surface area (Å²) in [7, 11) is 0. The molecule has 0 bridgehead atoms. The lowest BCUT2D eigenvalue weighted by Gasteiger charge is -2.34. The summed E-state index contributed by atoms with van der Waals surface area (Å²) in [5.41, 5.74) is 6.43. The van der Waals surface area contributed by atoms with Gasteiger partial charge in [-0.05, 0) is 45.0 Å². The summed E-state index contributed by atoms with van der Waals surface area (Å²) in [6.45, 7) is 7.58. The number of halogens is 2. The van der Waals surface area contributed by atoms with Crippen LogP contribution in [0.5, 0.6) is 0 Å². The molecule has 0 heterocycles. The van der Waals surface area contributed by atoms with Crippen molar-refractivity contribution in [3.8, 4) is 0 Å². The molecule has 1 unspecified atom stereocenters. The quantitative estimate of drug-likeness (QED) is 0.857. The Balaban J connectivity index is 3.10. The fourth-order valence-corrected chi connectivity index (χ4v) is 2.42. The van der Waals surface area contributed by atoms with Crippen LogP contribution in [0.15, 0.2) is 18.2 Å². The molecule has 0 saturated heterocycles. The molecule has 0 aliphatic rings. The van der Waals surface area contributed by atoms with E-state index in [1.807, 2.05) is 0 Å². The van der Waals surface area contributed by atoms with Crippen molar-refractivity contribution in [3.63, 3.8) is 0 Å². The van der Waals surface area contributed by atoms with E-state index in [-0.39, 0.29) is 11.9 Å². The van der Waals surface area contributed by atoms with Crippen molar-refractivity contribution in [1.82, 2.24) is 4.90 Å². The van der Waals surface area contributed by atoms with E-state index in [0.29, 0.717) is 23.2 Å². The summed E-state index contributed by atoms with van der Waals surface area (Å²) in [6, 6.07) is 4.85. The molecular formula is C14H22ClFN2. The standard InChI is InChI=1S/C14H22ClFN2/c1-4-7-18(10(2)3)14(9-17)12-8-11(15)5-6-13(12)16/h5-6,8,10,14H,4,7,9,17H2,1-3H3. The summed E-state index contributed by atoms with van der Waals surface area (Å²) in [5, 5.41) is 0.546. The fourth-order valence-electron chi connectivity index (χ4n) is 2.24. The number of rotatable bonds is 6. The minimum Gasteiger partial charge on any atom is -0.329 e. The van der Waals surface area contributed by atoms with Crippen LogP contribution in [-0.4, -0.2) is 24.0 Å². The second-order valence-corrected chi connectivity index (χ2v) is 5.19. The second kappa shape index (κ2) is 7.07. The maximum Gasteiger partial charge on any atom is 0.128 e. The van der Waals surface area contributed by atoms with E-state index in [0.717, 1.165) is 13.0 Å². The first-order valence-electron chi connectivity index (χ1n) is 6.42. The van der Waals surface area contributed by atoms with Crippen LogP contribution in [0.25, 0.3) is 0 Å². The minimum absolute atomic E-state index is 0.122. The number of nitrogens with zero attached hydrogens (tertiary/aromatic N) is 1. The molecule has 0 saturated carbocycles. The highest BCUT2D eigenvalue weighted by molar-refractivity contribution is 6.30. The minimum atomic E-state index is -0.239. The molecule has 1 aromatic rings. The Morgan fingerprint density at radius 3 is 2.56 bits per heavy atom. The summed E-state index contributed by atoms with van der Waals surface area (Å²) < 4.78 is 13.9. The molecule has 0 radical (unpaired) electrons. The zero-order valence-corrected chi connectivity index (χ0v) is 12.0. The van der Waals surface area contributed by atoms with E-state index < -0.39 is 0 Å². The van der Waals surface area contributed by atoms with E-state index in [1.165, 1.54) is 6.07 Å². The van der Waals surface area contributed by atoms with Gasteiger partial charge in [0.15, 0.2) is 0 Å². The van der Waals surface area contributed by atoms with Crippen LogP contribution in [0.1, 0.15) is 38.8 Å². The third kappa shape index (κ3) is 3.67. The highest BCUT2D eigenvalue weighted by Gasteiger charge is 2.23. The zero-order valence-electron chi connectivity index (χ0n) is 11.3. The van der Waals surface area contributed by atoms with Gasteiger partial charge in [-0.2, -0.15) is 0 Å². The summed E-state index contributed by atoms with van der Waals surface area (Å²) in [6.07, 6.45) is 1.01. The van der Waals surface area contributed by atoms with Gasteiger partial charge in [-0.3, -0.25) is 4.90 Å². The molecule has 0 aliphatic heterocycles. The predicted octanol–water partition coefficient (Wildman–Crippen LogP) is 3.60. The van der Waals surface area contributed by atoms with E-state index in [9.17, 15) is 4.39 Å². The molecule has 2 N–H and O–H groups in total. The van der Waals surface area contributed by atoms with Crippen LogP contribution < -0.4 is 5.73 Å². The topological polar surface area (TPSA) is 29.3 Å². The van der Waals surface area contributed by atoms with Crippen LogP contribution >= 0.6 is 11.6 Å². The first-order chi connectivity index (χ1) is 8.51. The molecule has 1 aromatic carbocycles. The lowest BCUT2D eigenvalue weighted by atomic mass is 10.0. The third-order valence-corrected chi connectivity index (χ3v) is 3.32. The number of hydrogen-bond donors (Lipinski definition) is 1. The monoisotopic (exact) mass is 272 g/mol. The maximum atomic E-state index is 13.9. The average molecular weight is 273 g/mol. The Labute approximate surface area is 114 Å². The molecule has 2 nitrogen and oxygen atoms in total. The predicted molar refractivity (Wildman–Crippen MR) is 75.3 cm³/mol. The Kier molecular flexibility index (Phi) is 6.06. The second-order valence-electron chi connectivity index (χ2n) is 4.75. The van der Waals surface area contributed by atoms with Crippen LogP contribution in [0, 0.1) is 5.82 Å². The highest BCUT2D eigenvalue weighted by atomic mass is 35.5. The molecule has 102 valence electrons. The van der Waals surface area contributed by atoms with E-state index in [4.69, 9.17) is 17.3 Å². The van der Waals surface area contributed by atoms with Crippen LogP contribution in [-0.2, 0) is 0 Å². The number of benzene rings is 1. The first-order valence-corrected chi connectivity index (χ1v) is 6.79. The summed E-state index contributed by atoms with van der Waals surface area (Å²) in [4.78, 5) is 2.22. The highest BCUT2D eigenvalue weighted by Crippen LogP contribution is 2.27. The SMILES string of the molecule is CCCN(C(C)C)C(CN)c1cc(Cl)ccc1F. The molecule has 1 rings (SSSR count). The largest absolute Gasteiger partial charge is 0.329 e. The number of hydrogen-bond acceptors (Lipinski definition) is 2. The maximum absolute atomic E-state index is 13.9. The molecule has 1 atom stereocenters. The smallest absolute Gasteiger partial charge is 0.128 e. The lowest BCUT2D eigenvalue weighted by Crippen LogP contribution is -2.39. The zero-order chi connectivity index (χ0) is 13.7. The van der Waals surface area contributed by atoms with Gasteiger partial charge in [-0.15, -0.1) is 0 Å². The molecular weight excluding hydrogens is 251 g/mol. The molecule has 18 heavy (non-hydrogen) atoms. The van der Waals surface area contributed by atoms with Crippen molar-refractivity contribution in [2.75, 3.05) is 13.1 Å². The third-order valence-electron chi connectivity index (χ3n) is 3.09. The van der Waals surface area contributed by atoms with Gasteiger partial charge in [0.25, 0.3) is 0 Å². The number of nitrogens with two attached hydrogens (primary N) is 1. The van der Waals surface area contributed by atoms with E-state index in [1.54, 1.807) is 12.1 Å². The van der Waals surface area contributed by atoms with E-state index in [2.05, 4.69) is 25.7 Å². The Morgan fingerprint density at radius 2 is 2.06 bits per heavy atom. The van der Waals surface area contributed by atoms with Gasteiger partial charge in [0, 0.05) is 23.2 Å². The van der Waals surface area contributed by atoms with Crippen molar-refractivity contribution < 1.29 is 4.39 Å². The van der Waals surface area contributed by atoms with Crippen LogP contribution in [0.2, 0.25) is 5.02 Å². The van der Waals surface area contributed by atoms with E-state index >= 15 is 0 Å². The van der Waals surface area contributed by atoms with Gasteiger partial charge in [0.05, 0.1) is 6.04 Å². The normalized spacial score (nSPS) is 13.3. The van der Waals surface area contributed by atoms with Gasteiger partial charge >= 0.3 is 0 Å².